The highest BCUT2D eigenvalue weighted by Crippen LogP contribution is 2.28. The molecule has 7 heteroatoms. The Hall–Kier alpha value is -2.25. The molecule has 0 unspecified atom stereocenters. The van der Waals surface area contributed by atoms with E-state index >= 15 is 0 Å². The van der Waals surface area contributed by atoms with Gasteiger partial charge in [0.05, 0.1) is 0 Å². The van der Waals surface area contributed by atoms with Gasteiger partial charge in [-0.2, -0.15) is 0 Å². The molecule has 0 N–H and O–H groups in total. The molecule has 2 aromatic rings. The predicted molar refractivity (Wildman–Crippen MR) is 105 cm³/mol. The zero-order valence-electron chi connectivity index (χ0n) is 13.7. The van der Waals surface area contributed by atoms with Crippen molar-refractivity contribution in [1.82, 2.24) is 0 Å². The van der Waals surface area contributed by atoms with E-state index in [1.165, 1.54) is 6.08 Å². The molecule has 0 radical (unpaired) electrons. The number of carbonyl (C=O) groups is 2. The Morgan fingerprint density at radius 3 is 2.54 bits per heavy atom. The molecule has 0 bridgehead atoms. The van der Waals surface area contributed by atoms with Crippen molar-refractivity contribution in [2.75, 3.05) is 0 Å². The van der Waals surface area contributed by atoms with Gasteiger partial charge < -0.3 is 9.47 Å². The van der Waals surface area contributed by atoms with Crippen LogP contribution in [0.3, 0.4) is 0 Å². The average molecular weight is 479 g/mol. The minimum atomic E-state index is -0.560. The number of nitrogens with zero attached hydrogens (tertiary/aromatic N) is 1. The second kappa shape index (κ2) is 7.97. The van der Waals surface area contributed by atoms with Crippen LogP contribution < -0.4 is 4.74 Å². The molecule has 5 nitrogen and oxygen atoms in total. The van der Waals surface area contributed by atoms with Crippen LogP contribution in [-0.4, -0.2) is 17.8 Å². The van der Waals surface area contributed by atoms with Crippen molar-refractivity contribution in [3.8, 4) is 5.75 Å². The van der Waals surface area contributed by atoms with E-state index in [-0.39, 0.29) is 24.0 Å². The summed E-state index contributed by atoms with van der Waals surface area (Å²) in [5, 5.41) is 0. The molecular formula is C19H13Br2NO4. The van der Waals surface area contributed by atoms with Crippen molar-refractivity contribution in [3.05, 3.63) is 68.2 Å². The molecule has 0 aliphatic carbocycles. The molecule has 1 heterocycles. The zero-order chi connectivity index (χ0) is 18.7. The van der Waals surface area contributed by atoms with Crippen LogP contribution in [0, 0.1) is 0 Å². The lowest BCUT2D eigenvalue weighted by atomic mass is 10.1. The number of aliphatic imine (C=N–C) groups is 1. The highest BCUT2D eigenvalue weighted by Gasteiger charge is 2.24. The third-order valence-corrected chi connectivity index (χ3v) is 4.51. The van der Waals surface area contributed by atoms with Gasteiger partial charge in [-0.05, 0) is 48.5 Å². The number of benzene rings is 2. The average Bonchev–Trinajstić information content (AvgIpc) is 2.98. The smallest absolute Gasteiger partial charge is 0.363 e. The van der Waals surface area contributed by atoms with E-state index in [1.54, 1.807) is 37.3 Å². The van der Waals surface area contributed by atoms with E-state index in [9.17, 15) is 9.59 Å². The summed E-state index contributed by atoms with van der Waals surface area (Å²) in [4.78, 5) is 28.0. The normalized spacial score (nSPS) is 15.0. The molecule has 0 spiro atoms. The zero-order valence-corrected chi connectivity index (χ0v) is 16.8. The Labute approximate surface area is 167 Å². The summed E-state index contributed by atoms with van der Waals surface area (Å²) in [7, 11) is 0. The van der Waals surface area contributed by atoms with Crippen molar-refractivity contribution in [2.45, 2.75) is 13.3 Å². The number of hydrogen-bond acceptors (Lipinski definition) is 5. The maximum absolute atomic E-state index is 12.2. The molecule has 132 valence electrons. The van der Waals surface area contributed by atoms with Crippen LogP contribution in [-0.2, 0) is 14.3 Å². The van der Waals surface area contributed by atoms with Crippen molar-refractivity contribution in [1.29, 1.82) is 0 Å². The molecule has 0 amide bonds. The predicted octanol–water partition coefficient (Wildman–Crippen LogP) is 4.87. The number of cyclic esters (lactones) is 1. The lowest BCUT2D eigenvalue weighted by molar-refractivity contribution is -0.134. The molecule has 1 aliphatic rings. The Kier molecular flexibility index (Phi) is 5.68. The first kappa shape index (κ1) is 18.5. The Morgan fingerprint density at radius 2 is 1.85 bits per heavy atom. The quantitative estimate of drug-likeness (QED) is 0.357. The van der Waals surface area contributed by atoms with E-state index in [2.05, 4.69) is 36.9 Å². The van der Waals surface area contributed by atoms with Crippen LogP contribution in [0.15, 0.2) is 62.1 Å². The van der Waals surface area contributed by atoms with Gasteiger partial charge in [-0.3, -0.25) is 4.79 Å². The number of esters is 2. The van der Waals surface area contributed by atoms with Crippen LogP contribution in [0.4, 0.5) is 0 Å². The number of carbonyl (C=O) groups excluding carboxylic acids is 2. The second-order valence-corrected chi connectivity index (χ2v) is 7.18. The minimum absolute atomic E-state index is 0.134. The Balaban J connectivity index is 1.96. The SMILES string of the molecule is CCC(=O)Oc1ccc(Br)cc1/C=C1\N=C(c2ccc(Br)cc2)OC1=O. The molecule has 1 aliphatic heterocycles. The van der Waals surface area contributed by atoms with Gasteiger partial charge in [-0.25, -0.2) is 9.79 Å². The summed E-state index contributed by atoms with van der Waals surface area (Å²) < 4.78 is 12.3. The van der Waals surface area contributed by atoms with Crippen LogP contribution in [0.25, 0.3) is 6.08 Å². The number of ether oxygens (including phenoxy) is 2. The van der Waals surface area contributed by atoms with Crippen molar-refractivity contribution >= 4 is 55.8 Å². The highest BCUT2D eigenvalue weighted by molar-refractivity contribution is 9.10. The van der Waals surface area contributed by atoms with E-state index in [0.717, 1.165) is 8.95 Å². The molecule has 0 saturated carbocycles. The molecule has 0 saturated heterocycles. The monoisotopic (exact) mass is 477 g/mol. The first-order valence-corrected chi connectivity index (χ1v) is 9.33. The van der Waals surface area contributed by atoms with E-state index in [0.29, 0.717) is 16.9 Å². The number of rotatable bonds is 4. The summed E-state index contributed by atoms with van der Waals surface area (Å²) >= 11 is 6.73. The van der Waals surface area contributed by atoms with Crippen LogP contribution in [0.1, 0.15) is 24.5 Å². The van der Waals surface area contributed by atoms with E-state index in [1.807, 2.05) is 12.1 Å². The maximum Gasteiger partial charge on any atom is 0.363 e. The topological polar surface area (TPSA) is 65.0 Å². The van der Waals surface area contributed by atoms with Crippen molar-refractivity contribution in [2.24, 2.45) is 4.99 Å². The standard InChI is InChI=1S/C19H13Br2NO4/c1-2-17(23)25-16-8-7-14(21)9-12(16)10-15-19(24)26-18(22-15)11-3-5-13(20)6-4-11/h3-10H,2H2,1H3/b15-10-. The van der Waals surface area contributed by atoms with Crippen LogP contribution >= 0.6 is 31.9 Å². The van der Waals surface area contributed by atoms with Gasteiger partial charge in [-0.15, -0.1) is 0 Å². The van der Waals surface area contributed by atoms with Gasteiger partial charge in [0.25, 0.3) is 0 Å². The van der Waals surface area contributed by atoms with Crippen molar-refractivity contribution in [3.63, 3.8) is 0 Å². The summed E-state index contributed by atoms with van der Waals surface area (Å²) in [6.07, 6.45) is 1.79. The third-order valence-electron chi connectivity index (χ3n) is 3.49. The second-order valence-electron chi connectivity index (χ2n) is 5.35. The van der Waals surface area contributed by atoms with Gasteiger partial charge in [-0.1, -0.05) is 38.8 Å². The van der Waals surface area contributed by atoms with Crippen molar-refractivity contribution < 1.29 is 19.1 Å². The highest BCUT2D eigenvalue weighted by atomic mass is 79.9. The maximum atomic E-state index is 12.2. The summed E-state index contributed by atoms with van der Waals surface area (Å²) in [6, 6.07) is 12.4. The molecule has 0 fully saturated rings. The molecule has 3 rings (SSSR count). The molecular weight excluding hydrogens is 466 g/mol. The fraction of sp³-hybridized carbons (Fsp3) is 0.105. The largest absolute Gasteiger partial charge is 0.426 e. The van der Waals surface area contributed by atoms with E-state index < -0.39 is 5.97 Å². The first-order valence-electron chi connectivity index (χ1n) is 7.75. The van der Waals surface area contributed by atoms with E-state index in [4.69, 9.17) is 9.47 Å². The fourth-order valence-corrected chi connectivity index (χ4v) is 2.84. The summed E-state index contributed by atoms with van der Waals surface area (Å²) in [5.74, 6) is -0.334. The van der Waals surface area contributed by atoms with Gasteiger partial charge in [0.15, 0.2) is 5.70 Å². The lowest BCUT2D eigenvalue weighted by Gasteiger charge is -2.07. The number of hydrogen-bond donors (Lipinski definition) is 0. The Bertz CT molecular complexity index is 933. The third kappa shape index (κ3) is 4.28. The molecule has 0 aromatic heterocycles. The molecule has 2 aromatic carbocycles. The van der Waals surface area contributed by atoms with Gasteiger partial charge in [0, 0.05) is 26.5 Å². The molecule has 26 heavy (non-hydrogen) atoms. The molecule has 0 atom stereocenters. The lowest BCUT2D eigenvalue weighted by Crippen LogP contribution is -2.07. The van der Waals surface area contributed by atoms with Gasteiger partial charge >= 0.3 is 11.9 Å². The number of halogens is 2. The summed E-state index contributed by atoms with van der Waals surface area (Å²) in [5.41, 5.74) is 1.38. The first-order chi connectivity index (χ1) is 12.5. The Morgan fingerprint density at radius 1 is 1.15 bits per heavy atom. The fourth-order valence-electron chi connectivity index (χ4n) is 2.19. The van der Waals surface area contributed by atoms with Gasteiger partial charge in [0.2, 0.25) is 5.90 Å². The van der Waals surface area contributed by atoms with Crippen LogP contribution in [0.2, 0.25) is 0 Å². The summed E-state index contributed by atoms with van der Waals surface area (Å²) in [6.45, 7) is 1.71. The minimum Gasteiger partial charge on any atom is -0.426 e. The van der Waals surface area contributed by atoms with Gasteiger partial charge in [0.1, 0.15) is 5.75 Å². The van der Waals surface area contributed by atoms with Crippen LogP contribution in [0.5, 0.6) is 5.75 Å².